The van der Waals surface area contributed by atoms with E-state index >= 15 is 0 Å². The third-order valence-corrected chi connectivity index (χ3v) is 6.24. The van der Waals surface area contributed by atoms with Gasteiger partial charge in [-0.1, -0.05) is 37.3 Å². The lowest BCUT2D eigenvalue weighted by Crippen LogP contribution is -2.50. The Kier molecular flexibility index (Phi) is 4.63. The first-order chi connectivity index (χ1) is 11.4. The van der Waals surface area contributed by atoms with Crippen molar-refractivity contribution in [2.45, 2.75) is 51.0 Å². The van der Waals surface area contributed by atoms with E-state index in [0.717, 1.165) is 38.5 Å². The highest BCUT2D eigenvalue weighted by Crippen LogP contribution is 2.58. The summed E-state index contributed by atoms with van der Waals surface area (Å²) < 4.78 is 0. The molecule has 5 nitrogen and oxygen atoms in total. The summed E-state index contributed by atoms with van der Waals surface area (Å²) in [7, 11) is 0. The minimum Gasteiger partial charge on any atom is -0.389 e. The molecule has 2 aliphatic carbocycles. The van der Waals surface area contributed by atoms with E-state index in [4.69, 9.17) is 11.5 Å². The highest BCUT2D eigenvalue weighted by atomic mass is 16.3. The van der Waals surface area contributed by atoms with Gasteiger partial charge in [-0.3, -0.25) is 0 Å². The largest absolute Gasteiger partial charge is 0.389 e. The van der Waals surface area contributed by atoms with Crippen LogP contribution in [0.25, 0.3) is 0 Å². The molecule has 0 aliphatic heterocycles. The SMILES string of the molecule is C[C@]12CC[C@H](Cc3ccccc3)C[C@@]1(O)CC[C@@H]2/C=N/N=C(N)N. The molecule has 0 unspecified atom stereocenters. The summed E-state index contributed by atoms with van der Waals surface area (Å²) in [5.41, 5.74) is 11.3. The van der Waals surface area contributed by atoms with Crippen LogP contribution in [0.1, 0.15) is 44.6 Å². The second kappa shape index (κ2) is 6.55. The van der Waals surface area contributed by atoms with Gasteiger partial charge in [-0.15, -0.1) is 5.10 Å². The molecule has 130 valence electrons. The molecule has 5 heteroatoms. The topological polar surface area (TPSA) is 97.0 Å². The van der Waals surface area contributed by atoms with E-state index in [0.29, 0.717) is 5.92 Å². The number of nitrogens with zero attached hydrogens (tertiary/aromatic N) is 2. The summed E-state index contributed by atoms with van der Waals surface area (Å²) in [5, 5.41) is 19.1. The molecule has 0 bridgehead atoms. The van der Waals surface area contributed by atoms with Crippen molar-refractivity contribution in [3.63, 3.8) is 0 Å². The number of aliphatic hydroxyl groups is 1. The Morgan fingerprint density at radius 2 is 2.00 bits per heavy atom. The fourth-order valence-corrected chi connectivity index (χ4v) is 4.72. The third kappa shape index (κ3) is 3.18. The third-order valence-electron chi connectivity index (χ3n) is 6.24. The highest BCUT2D eigenvalue weighted by Gasteiger charge is 2.58. The summed E-state index contributed by atoms with van der Waals surface area (Å²) in [4.78, 5) is 0. The zero-order chi connectivity index (χ0) is 17.2. The van der Waals surface area contributed by atoms with Gasteiger partial charge in [-0.25, -0.2) is 0 Å². The van der Waals surface area contributed by atoms with Crippen LogP contribution in [-0.2, 0) is 6.42 Å². The molecule has 0 spiro atoms. The van der Waals surface area contributed by atoms with E-state index < -0.39 is 5.60 Å². The smallest absolute Gasteiger partial charge is 0.211 e. The molecule has 2 saturated carbocycles. The Labute approximate surface area is 143 Å². The maximum Gasteiger partial charge on any atom is 0.211 e. The number of hydrogen-bond donors (Lipinski definition) is 3. The van der Waals surface area contributed by atoms with Crippen LogP contribution >= 0.6 is 0 Å². The molecule has 0 amide bonds. The van der Waals surface area contributed by atoms with Crippen LogP contribution in [0.4, 0.5) is 0 Å². The normalized spacial score (nSPS) is 35.8. The summed E-state index contributed by atoms with van der Waals surface area (Å²) in [6.45, 7) is 2.20. The highest BCUT2D eigenvalue weighted by molar-refractivity contribution is 5.76. The molecule has 0 heterocycles. The van der Waals surface area contributed by atoms with E-state index in [1.165, 1.54) is 5.56 Å². The lowest BCUT2D eigenvalue weighted by atomic mass is 9.59. The molecule has 0 saturated heterocycles. The Morgan fingerprint density at radius 1 is 1.25 bits per heavy atom. The standard InChI is InChI=1S/C19H28N4O/c1-18-9-7-15(11-14-5-3-2-4-6-14)12-19(18,24)10-8-16(18)13-22-23-17(20)21/h2-6,13,15-16,24H,7-12H2,1H3,(H4,20,21,23)/b22-13+/t15-,16-,18-,19+/m1/s1. The van der Waals surface area contributed by atoms with E-state index in [-0.39, 0.29) is 17.3 Å². The molecule has 4 atom stereocenters. The molecular formula is C19H28N4O. The van der Waals surface area contributed by atoms with Crippen molar-refractivity contribution in [3.8, 4) is 0 Å². The van der Waals surface area contributed by atoms with Crippen molar-refractivity contribution in [2.75, 3.05) is 0 Å². The van der Waals surface area contributed by atoms with Gasteiger partial charge in [0.2, 0.25) is 5.96 Å². The predicted octanol–water partition coefficient (Wildman–Crippen LogP) is 2.44. The molecule has 2 aliphatic rings. The van der Waals surface area contributed by atoms with E-state index in [9.17, 15) is 5.11 Å². The van der Waals surface area contributed by atoms with Gasteiger partial charge in [0.15, 0.2) is 0 Å². The molecule has 0 radical (unpaired) electrons. The molecule has 1 aromatic rings. The lowest BCUT2D eigenvalue weighted by molar-refractivity contribution is -0.106. The van der Waals surface area contributed by atoms with Crippen molar-refractivity contribution in [1.29, 1.82) is 0 Å². The number of guanidine groups is 1. The van der Waals surface area contributed by atoms with Crippen LogP contribution in [0.3, 0.4) is 0 Å². The van der Waals surface area contributed by atoms with Crippen LogP contribution in [-0.4, -0.2) is 22.9 Å². The zero-order valence-corrected chi connectivity index (χ0v) is 14.4. The quantitative estimate of drug-likeness (QED) is 0.450. The van der Waals surface area contributed by atoms with Gasteiger partial charge in [-0.2, -0.15) is 5.10 Å². The predicted molar refractivity (Wildman–Crippen MR) is 97.6 cm³/mol. The van der Waals surface area contributed by atoms with Crippen LogP contribution in [0.2, 0.25) is 0 Å². The number of nitrogens with two attached hydrogens (primary N) is 2. The van der Waals surface area contributed by atoms with Crippen LogP contribution in [0.15, 0.2) is 40.5 Å². The molecular weight excluding hydrogens is 300 g/mol. The van der Waals surface area contributed by atoms with Gasteiger partial charge < -0.3 is 16.6 Å². The van der Waals surface area contributed by atoms with Gasteiger partial charge in [0.05, 0.1) is 5.60 Å². The Balaban J connectivity index is 1.70. The summed E-state index contributed by atoms with van der Waals surface area (Å²) >= 11 is 0. The van der Waals surface area contributed by atoms with Crippen LogP contribution < -0.4 is 11.5 Å². The summed E-state index contributed by atoms with van der Waals surface area (Å²) in [6.07, 6.45) is 7.66. The van der Waals surface area contributed by atoms with Crippen molar-refractivity contribution in [3.05, 3.63) is 35.9 Å². The summed E-state index contributed by atoms with van der Waals surface area (Å²) in [6, 6.07) is 10.6. The monoisotopic (exact) mass is 328 g/mol. The first-order valence-corrected chi connectivity index (χ1v) is 8.81. The molecule has 5 N–H and O–H groups in total. The minimum atomic E-state index is -0.612. The first-order valence-electron chi connectivity index (χ1n) is 8.81. The molecule has 24 heavy (non-hydrogen) atoms. The van der Waals surface area contributed by atoms with Crippen LogP contribution in [0, 0.1) is 17.3 Å². The zero-order valence-electron chi connectivity index (χ0n) is 14.4. The van der Waals surface area contributed by atoms with E-state index in [1.807, 2.05) is 12.3 Å². The fraction of sp³-hybridized carbons (Fsp3) is 0.579. The average molecular weight is 328 g/mol. The van der Waals surface area contributed by atoms with Crippen molar-refractivity contribution in [1.82, 2.24) is 0 Å². The molecule has 3 rings (SSSR count). The number of hydrogen-bond acceptors (Lipinski definition) is 3. The van der Waals surface area contributed by atoms with E-state index in [1.54, 1.807) is 0 Å². The van der Waals surface area contributed by atoms with Crippen molar-refractivity contribution >= 4 is 12.2 Å². The number of fused-ring (bicyclic) bond motifs is 1. The average Bonchev–Trinajstić information content (AvgIpc) is 2.80. The molecule has 0 aromatic heterocycles. The fourth-order valence-electron chi connectivity index (χ4n) is 4.72. The summed E-state index contributed by atoms with van der Waals surface area (Å²) in [5.74, 6) is 0.735. The number of benzene rings is 1. The maximum absolute atomic E-state index is 11.4. The second-order valence-electron chi connectivity index (χ2n) is 7.68. The van der Waals surface area contributed by atoms with Crippen LogP contribution in [0.5, 0.6) is 0 Å². The number of rotatable bonds is 4. The van der Waals surface area contributed by atoms with Gasteiger partial charge in [0, 0.05) is 17.5 Å². The first kappa shape index (κ1) is 17.0. The van der Waals surface area contributed by atoms with Crippen molar-refractivity contribution < 1.29 is 5.11 Å². The lowest BCUT2D eigenvalue weighted by Gasteiger charge is -2.48. The van der Waals surface area contributed by atoms with Gasteiger partial charge in [0.25, 0.3) is 0 Å². The van der Waals surface area contributed by atoms with Crippen molar-refractivity contribution in [2.24, 2.45) is 38.9 Å². The Hall–Kier alpha value is -1.88. The van der Waals surface area contributed by atoms with Gasteiger partial charge in [0.1, 0.15) is 0 Å². The van der Waals surface area contributed by atoms with Gasteiger partial charge in [-0.05, 0) is 50.0 Å². The molecule has 1 aromatic carbocycles. The second-order valence-corrected chi connectivity index (χ2v) is 7.68. The Morgan fingerprint density at radius 3 is 2.71 bits per heavy atom. The Bertz CT molecular complexity index is 626. The maximum atomic E-state index is 11.4. The van der Waals surface area contributed by atoms with Gasteiger partial charge >= 0.3 is 0 Å². The minimum absolute atomic E-state index is 0.0313. The van der Waals surface area contributed by atoms with E-state index in [2.05, 4.69) is 41.4 Å². The molecule has 2 fully saturated rings.